The standard InChI is InChI=1S/C13H22O3/c1-9-7-10(14)8-11(2,3)13(9)6-5-12(4,15)16-13/h7,10,14-15H,5-6,8H2,1-4H3. The number of hydrogen-bond acceptors (Lipinski definition) is 3. The Morgan fingerprint density at radius 2 is 1.94 bits per heavy atom. The Bertz CT molecular complexity index is 330. The second kappa shape index (κ2) is 3.31. The van der Waals surface area contributed by atoms with Gasteiger partial charge in [-0.3, -0.25) is 0 Å². The maximum absolute atomic E-state index is 10.0. The van der Waals surface area contributed by atoms with Crippen molar-refractivity contribution < 1.29 is 14.9 Å². The van der Waals surface area contributed by atoms with Gasteiger partial charge in [-0.1, -0.05) is 19.9 Å². The molecule has 0 aromatic heterocycles. The molecule has 0 saturated carbocycles. The number of aliphatic hydroxyl groups is 2. The summed E-state index contributed by atoms with van der Waals surface area (Å²) in [5, 5.41) is 19.8. The average Bonchev–Trinajstić information content (AvgIpc) is 2.40. The van der Waals surface area contributed by atoms with Gasteiger partial charge in [-0.2, -0.15) is 0 Å². The molecule has 2 N–H and O–H groups in total. The minimum absolute atomic E-state index is 0.147. The SMILES string of the molecule is CC1=CC(O)CC(C)(C)C12CCC(C)(O)O2. The van der Waals surface area contributed by atoms with E-state index in [1.54, 1.807) is 6.92 Å². The molecular weight excluding hydrogens is 204 g/mol. The molecular formula is C13H22O3. The summed E-state index contributed by atoms with van der Waals surface area (Å²) in [5.74, 6) is -1.03. The first kappa shape index (κ1) is 12.1. The minimum atomic E-state index is -1.03. The predicted octanol–water partition coefficient (Wildman–Crippen LogP) is 1.98. The lowest BCUT2D eigenvalue weighted by Gasteiger charge is -2.49. The van der Waals surface area contributed by atoms with Crippen LogP contribution in [0.25, 0.3) is 0 Å². The maximum Gasteiger partial charge on any atom is 0.163 e. The Balaban J connectivity index is 2.42. The topological polar surface area (TPSA) is 49.7 Å². The zero-order valence-electron chi connectivity index (χ0n) is 10.6. The lowest BCUT2D eigenvalue weighted by atomic mass is 9.63. The third-order valence-corrected chi connectivity index (χ3v) is 4.23. The van der Waals surface area contributed by atoms with Gasteiger partial charge < -0.3 is 14.9 Å². The van der Waals surface area contributed by atoms with Crippen molar-refractivity contribution in [3.8, 4) is 0 Å². The van der Waals surface area contributed by atoms with E-state index in [1.807, 2.05) is 13.0 Å². The smallest absolute Gasteiger partial charge is 0.163 e. The monoisotopic (exact) mass is 226 g/mol. The van der Waals surface area contributed by atoms with Crippen LogP contribution < -0.4 is 0 Å². The van der Waals surface area contributed by atoms with Gasteiger partial charge >= 0.3 is 0 Å². The molecule has 0 radical (unpaired) electrons. The van der Waals surface area contributed by atoms with Gasteiger partial charge in [0.25, 0.3) is 0 Å². The maximum atomic E-state index is 10.0. The first-order valence-electron chi connectivity index (χ1n) is 5.98. The molecule has 2 aliphatic rings. The predicted molar refractivity (Wildman–Crippen MR) is 61.8 cm³/mol. The van der Waals surface area contributed by atoms with E-state index >= 15 is 0 Å². The largest absolute Gasteiger partial charge is 0.389 e. The van der Waals surface area contributed by atoms with Crippen LogP contribution in [0, 0.1) is 5.41 Å². The van der Waals surface area contributed by atoms with Crippen molar-refractivity contribution in [3.05, 3.63) is 11.6 Å². The summed E-state index contributed by atoms with van der Waals surface area (Å²) in [6, 6.07) is 0. The Morgan fingerprint density at radius 1 is 1.31 bits per heavy atom. The van der Waals surface area contributed by atoms with Crippen LogP contribution in [0.2, 0.25) is 0 Å². The van der Waals surface area contributed by atoms with Gasteiger partial charge in [0, 0.05) is 11.8 Å². The Morgan fingerprint density at radius 3 is 2.38 bits per heavy atom. The summed E-state index contributed by atoms with van der Waals surface area (Å²) in [6.45, 7) is 7.92. The zero-order valence-corrected chi connectivity index (χ0v) is 10.6. The van der Waals surface area contributed by atoms with Crippen molar-refractivity contribution in [1.82, 2.24) is 0 Å². The van der Waals surface area contributed by atoms with Crippen molar-refractivity contribution in [1.29, 1.82) is 0 Å². The number of rotatable bonds is 0. The second-order valence-corrected chi connectivity index (χ2v) is 6.11. The van der Waals surface area contributed by atoms with Crippen LogP contribution in [-0.4, -0.2) is 27.7 Å². The van der Waals surface area contributed by atoms with Gasteiger partial charge in [0.1, 0.15) is 0 Å². The van der Waals surface area contributed by atoms with Gasteiger partial charge in [-0.05, 0) is 32.3 Å². The second-order valence-electron chi connectivity index (χ2n) is 6.11. The Hall–Kier alpha value is -0.380. The van der Waals surface area contributed by atoms with Gasteiger partial charge in [-0.15, -0.1) is 0 Å². The highest BCUT2D eigenvalue weighted by molar-refractivity contribution is 5.27. The van der Waals surface area contributed by atoms with E-state index in [0.29, 0.717) is 12.8 Å². The molecule has 0 amide bonds. The van der Waals surface area contributed by atoms with E-state index < -0.39 is 17.5 Å². The fourth-order valence-corrected chi connectivity index (χ4v) is 3.34. The molecule has 0 aromatic carbocycles. The molecule has 1 aliphatic carbocycles. The number of aliphatic hydroxyl groups excluding tert-OH is 1. The van der Waals surface area contributed by atoms with E-state index in [2.05, 4.69) is 13.8 Å². The van der Waals surface area contributed by atoms with E-state index in [4.69, 9.17) is 4.74 Å². The fourth-order valence-electron chi connectivity index (χ4n) is 3.34. The number of hydrogen-bond donors (Lipinski definition) is 2. The summed E-state index contributed by atoms with van der Waals surface area (Å²) < 4.78 is 5.93. The first-order valence-corrected chi connectivity index (χ1v) is 5.98. The molecule has 0 aromatic rings. The van der Waals surface area contributed by atoms with Crippen LogP contribution in [0.5, 0.6) is 0 Å². The summed E-state index contributed by atoms with van der Waals surface area (Å²) in [7, 11) is 0. The molecule has 1 aliphatic heterocycles. The van der Waals surface area contributed by atoms with Crippen molar-refractivity contribution in [2.75, 3.05) is 0 Å². The quantitative estimate of drug-likeness (QED) is 0.621. The third kappa shape index (κ3) is 1.62. The van der Waals surface area contributed by atoms with Crippen LogP contribution in [0.3, 0.4) is 0 Å². The molecule has 3 atom stereocenters. The van der Waals surface area contributed by atoms with Gasteiger partial charge in [0.05, 0.1) is 11.7 Å². The minimum Gasteiger partial charge on any atom is -0.389 e. The van der Waals surface area contributed by atoms with Gasteiger partial charge in [0.2, 0.25) is 0 Å². The summed E-state index contributed by atoms with van der Waals surface area (Å²) >= 11 is 0. The highest BCUT2D eigenvalue weighted by atomic mass is 16.6. The van der Waals surface area contributed by atoms with Crippen molar-refractivity contribution in [2.45, 2.75) is 64.4 Å². The molecule has 3 heteroatoms. The highest BCUT2D eigenvalue weighted by Crippen LogP contribution is 2.55. The lowest BCUT2D eigenvalue weighted by Crippen LogP contribution is -2.51. The molecule has 1 saturated heterocycles. The summed E-state index contributed by atoms with van der Waals surface area (Å²) in [6.07, 6.45) is 3.63. The van der Waals surface area contributed by atoms with Crippen LogP contribution >= 0.6 is 0 Å². The van der Waals surface area contributed by atoms with E-state index in [0.717, 1.165) is 12.0 Å². The molecule has 1 heterocycles. The molecule has 16 heavy (non-hydrogen) atoms. The zero-order chi connectivity index (χ0) is 12.2. The van der Waals surface area contributed by atoms with Gasteiger partial charge in [0.15, 0.2) is 5.79 Å². The van der Waals surface area contributed by atoms with Crippen LogP contribution in [0.4, 0.5) is 0 Å². The van der Waals surface area contributed by atoms with Crippen molar-refractivity contribution >= 4 is 0 Å². The molecule has 1 fully saturated rings. The van der Waals surface area contributed by atoms with Crippen LogP contribution in [0.15, 0.2) is 11.6 Å². The Labute approximate surface area is 97.1 Å². The molecule has 3 unspecified atom stereocenters. The molecule has 1 spiro atoms. The average molecular weight is 226 g/mol. The van der Waals surface area contributed by atoms with Crippen molar-refractivity contribution in [3.63, 3.8) is 0 Å². The van der Waals surface area contributed by atoms with E-state index in [1.165, 1.54) is 0 Å². The van der Waals surface area contributed by atoms with Gasteiger partial charge in [-0.25, -0.2) is 0 Å². The fraction of sp³-hybridized carbons (Fsp3) is 0.846. The Kier molecular flexibility index (Phi) is 2.50. The highest BCUT2D eigenvalue weighted by Gasteiger charge is 2.57. The number of ether oxygens (including phenoxy) is 1. The lowest BCUT2D eigenvalue weighted by molar-refractivity contribution is -0.232. The summed E-state index contributed by atoms with van der Waals surface area (Å²) in [5.41, 5.74) is 0.496. The summed E-state index contributed by atoms with van der Waals surface area (Å²) in [4.78, 5) is 0. The third-order valence-electron chi connectivity index (χ3n) is 4.23. The van der Waals surface area contributed by atoms with Crippen molar-refractivity contribution in [2.24, 2.45) is 5.41 Å². The normalized spacial score (nSPS) is 47.1. The molecule has 92 valence electrons. The first-order chi connectivity index (χ1) is 7.19. The van der Waals surface area contributed by atoms with E-state index in [-0.39, 0.29) is 5.41 Å². The molecule has 2 rings (SSSR count). The van der Waals surface area contributed by atoms with E-state index in [9.17, 15) is 10.2 Å². The van der Waals surface area contributed by atoms with Crippen LogP contribution in [0.1, 0.15) is 47.0 Å². The molecule has 3 nitrogen and oxygen atoms in total. The molecule has 0 bridgehead atoms. The van der Waals surface area contributed by atoms with Crippen LogP contribution in [-0.2, 0) is 4.74 Å².